The van der Waals surface area contributed by atoms with Gasteiger partial charge in [-0.15, -0.1) is 0 Å². The highest BCUT2D eigenvalue weighted by molar-refractivity contribution is 5.80. The lowest BCUT2D eigenvalue weighted by Gasteiger charge is -2.03. The molecular formula is C18H24O. The second kappa shape index (κ2) is 7.28. The van der Waals surface area contributed by atoms with Crippen molar-refractivity contribution < 1.29 is 4.79 Å². The van der Waals surface area contributed by atoms with Crippen LogP contribution in [-0.4, -0.2) is 5.78 Å². The molecule has 2 rings (SSSR count). The third kappa shape index (κ3) is 4.66. The molecule has 1 heteroatoms. The highest BCUT2D eigenvalue weighted by Crippen LogP contribution is 2.23. The van der Waals surface area contributed by atoms with Crippen molar-refractivity contribution in [2.24, 2.45) is 5.92 Å². The van der Waals surface area contributed by atoms with Crippen LogP contribution in [0.25, 0.3) is 0 Å². The molecular weight excluding hydrogens is 232 g/mol. The van der Waals surface area contributed by atoms with Crippen LogP contribution in [0, 0.1) is 5.92 Å². The zero-order valence-electron chi connectivity index (χ0n) is 11.9. The van der Waals surface area contributed by atoms with Gasteiger partial charge in [0.2, 0.25) is 0 Å². The SMILES string of the molecule is CCCc1cccc(CC/C=C/C2CCC(=O)C2)c1. The molecule has 0 aliphatic heterocycles. The fourth-order valence-corrected chi connectivity index (χ4v) is 2.78. The van der Waals surface area contributed by atoms with Gasteiger partial charge in [0.25, 0.3) is 0 Å². The Morgan fingerprint density at radius 2 is 2.05 bits per heavy atom. The summed E-state index contributed by atoms with van der Waals surface area (Å²) < 4.78 is 0. The minimum Gasteiger partial charge on any atom is -0.300 e. The lowest BCUT2D eigenvalue weighted by molar-refractivity contribution is -0.117. The topological polar surface area (TPSA) is 17.1 Å². The molecule has 0 saturated heterocycles. The summed E-state index contributed by atoms with van der Waals surface area (Å²) in [6, 6.07) is 8.93. The van der Waals surface area contributed by atoms with Gasteiger partial charge in [0, 0.05) is 12.8 Å². The van der Waals surface area contributed by atoms with Crippen LogP contribution in [0.2, 0.25) is 0 Å². The van der Waals surface area contributed by atoms with E-state index in [4.69, 9.17) is 0 Å². The van der Waals surface area contributed by atoms with Crippen LogP contribution in [-0.2, 0) is 17.6 Å². The molecule has 1 aliphatic rings. The molecule has 1 aliphatic carbocycles. The van der Waals surface area contributed by atoms with Crippen molar-refractivity contribution in [3.63, 3.8) is 0 Å². The smallest absolute Gasteiger partial charge is 0.133 e. The van der Waals surface area contributed by atoms with Crippen molar-refractivity contribution in [1.29, 1.82) is 0 Å². The van der Waals surface area contributed by atoms with E-state index in [0.29, 0.717) is 11.7 Å². The summed E-state index contributed by atoms with van der Waals surface area (Å²) in [7, 11) is 0. The van der Waals surface area contributed by atoms with Crippen molar-refractivity contribution in [2.45, 2.75) is 51.9 Å². The molecule has 1 saturated carbocycles. The van der Waals surface area contributed by atoms with Crippen molar-refractivity contribution in [3.05, 3.63) is 47.5 Å². The van der Waals surface area contributed by atoms with Gasteiger partial charge in [-0.2, -0.15) is 0 Å². The fourth-order valence-electron chi connectivity index (χ4n) is 2.78. The highest BCUT2D eigenvalue weighted by Gasteiger charge is 2.18. The molecule has 1 aromatic rings. The lowest BCUT2D eigenvalue weighted by atomic mass is 10.0. The summed E-state index contributed by atoms with van der Waals surface area (Å²) in [5, 5.41) is 0. The van der Waals surface area contributed by atoms with Crippen molar-refractivity contribution in [3.8, 4) is 0 Å². The van der Waals surface area contributed by atoms with Crippen molar-refractivity contribution >= 4 is 5.78 Å². The van der Waals surface area contributed by atoms with E-state index in [-0.39, 0.29) is 0 Å². The van der Waals surface area contributed by atoms with Crippen LogP contribution in [0.4, 0.5) is 0 Å². The van der Waals surface area contributed by atoms with Crippen LogP contribution >= 0.6 is 0 Å². The first-order chi connectivity index (χ1) is 9.28. The third-order valence-corrected chi connectivity index (χ3v) is 3.82. The molecule has 1 fully saturated rings. The van der Waals surface area contributed by atoms with Crippen LogP contribution in [0.15, 0.2) is 36.4 Å². The summed E-state index contributed by atoms with van der Waals surface area (Å²) in [6.07, 6.45) is 11.7. The van der Waals surface area contributed by atoms with Crippen LogP contribution < -0.4 is 0 Å². The highest BCUT2D eigenvalue weighted by atomic mass is 16.1. The van der Waals surface area contributed by atoms with Gasteiger partial charge < -0.3 is 0 Å². The second-order valence-corrected chi connectivity index (χ2v) is 5.58. The molecule has 0 amide bonds. The molecule has 0 spiro atoms. The standard InChI is InChI=1S/C18H24O/c1-2-6-15-9-5-10-16(13-15)7-3-4-8-17-11-12-18(19)14-17/h4-5,8-10,13,17H,2-3,6-7,11-12,14H2,1H3/b8-4+. The molecule has 0 radical (unpaired) electrons. The zero-order chi connectivity index (χ0) is 13.5. The summed E-state index contributed by atoms with van der Waals surface area (Å²) in [4.78, 5) is 11.2. The second-order valence-electron chi connectivity index (χ2n) is 5.58. The van der Waals surface area contributed by atoms with Gasteiger partial charge in [-0.25, -0.2) is 0 Å². The monoisotopic (exact) mass is 256 g/mol. The number of hydrogen-bond donors (Lipinski definition) is 0. The zero-order valence-corrected chi connectivity index (χ0v) is 11.9. The molecule has 1 nitrogen and oxygen atoms in total. The number of Topliss-reactive ketones (excluding diaryl/α,β-unsaturated/α-hetero) is 1. The maximum atomic E-state index is 11.2. The molecule has 0 bridgehead atoms. The minimum absolute atomic E-state index is 0.432. The normalized spacial score (nSPS) is 19.4. The molecule has 19 heavy (non-hydrogen) atoms. The molecule has 1 unspecified atom stereocenters. The first-order valence-electron chi connectivity index (χ1n) is 7.54. The van der Waals surface area contributed by atoms with E-state index < -0.39 is 0 Å². The Balaban J connectivity index is 1.77. The predicted molar refractivity (Wildman–Crippen MR) is 80.2 cm³/mol. The third-order valence-electron chi connectivity index (χ3n) is 3.82. The van der Waals surface area contributed by atoms with Crippen molar-refractivity contribution in [2.75, 3.05) is 0 Å². The van der Waals surface area contributed by atoms with E-state index in [1.54, 1.807) is 0 Å². The number of rotatable bonds is 6. The Morgan fingerprint density at radius 1 is 1.26 bits per heavy atom. The van der Waals surface area contributed by atoms with Gasteiger partial charge in [0.15, 0.2) is 0 Å². The largest absolute Gasteiger partial charge is 0.300 e. The molecule has 1 atom stereocenters. The first-order valence-corrected chi connectivity index (χ1v) is 7.54. The van der Waals surface area contributed by atoms with Crippen molar-refractivity contribution in [1.82, 2.24) is 0 Å². The Bertz CT molecular complexity index is 445. The maximum Gasteiger partial charge on any atom is 0.133 e. The van der Waals surface area contributed by atoms with E-state index in [0.717, 1.165) is 32.1 Å². The van der Waals surface area contributed by atoms with Crippen LogP contribution in [0.3, 0.4) is 0 Å². The Morgan fingerprint density at radius 3 is 2.74 bits per heavy atom. The quantitative estimate of drug-likeness (QED) is 0.685. The van der Waals surface area contributed by atoms with Crippen LogP contribution in [0.1, 0.15) is 50.2 Å². The van der Waals surface area contributed by atoms with E-state index in [1.165, 1.54) is 24.0 Å². The maximum absolute atomic E-state index is 11.2. The van der Waals surface area contributed by atoms with Gasteiger partial charge in [-0.1, -0.05) is 49.8 Å². The Kier molecular flexibility index (Phi) is 5.38. The lowest BCUT2D eigenvalue weighted by Crippen LogP contribution is -1.91. The fraction of sp³-hybridized carbons (Fsp3) is 0.500. The molecule has 0 N–H and O–H groups in total. The predicted octanol–water partition coefficient (Wildman–Crippen LogP) is 4.50. The Labute approximate surface area is 116 Å². The van der Waals surface area contributed by atoms with E-state index >= 15 is 0 Å². The number of hydrogen-bond acceptors (Lipinski definition) is 1. The van der Waals surface area contributed by atoms with Gasteiger partial charge in [-0.3, -0.25) is 4.79 Å². The van der Waals surface area contributed by atoms with E-state index in [9.17, 15) is 4.79 Å². The average molecular weight is 256 g/mol. The molecule has 1 aromatic carbocycles. The van der Waals surface area contributed by atoms with E-state index in [2.05, 4.69) is 43.3 Å². The average Bonchev–Trinajstić information content (AvgIpc) is 2.82. The summed E-state index contributed by atoms with van der Waals surface area (Å²) >= 11 is 0. The molecule has 0 heterocycles. The number of benzene rings is 1. The summed E-state index contributed by atoms with van der Waals surface area (Å²) in [5.41, 5.74) is 2.88. The van der Waals surface area contributed by atoms with Gasteiger partial charge in [0.05, 0.1) is 0 Å². The molecule has 0 aromatic heterocycles. The van der Waals surface area contributed by atoms with Gasteiger partial charge in [-0.05, 0) is 42.7 Å². The number of carbonyl (C=O) groups is 1. The Hall–Kier alpha value is -1.37. The number of aryl methyl sites for hydroxylation is 2. The number of ketones is 1. The number of carbonyl (C=O) groups excluding carboxylic acids is 1. The number of allylic oxidation sites excluding steroid dienone is 2. The first kappa shape index (κ1) is 14.0. The van der Waals surface area contributed by atoms with Crippen LogP contribution in [0.5, 0.6) is 0 Å². The van der Waals surface area contributed by atoms with E-state index in [1.807, 2.05) is 0 Å². The molecule has 102 valence electrons. The minimum atomic E-state index is 0.432. The van der Waals surface area contributed by atoms with Gasteiger partial charge >= 0.3 is 0 Å². The summed E-state index contributed by atoms with van der Waals surface area (Å²) in [6.45, 7) is 2.22. The van der Waals surface area contributed by atoms with Gasteiger partial charge in [0.1, 0.15) is 5.78 Å². The summed E-state index contributed by atoms with van der Waals surface area (Å²) in [5.74, 6) is 0.945.